The van der Waals surface area contributed by atoms with E-state index in [4.69, 9.17) is 0 Å². The van der Waals surface area contributed by atoms with Gasteiger partial charge in [-0.15, -0.1) is 5.10 Å². The van der Waals surface area contributed by atoms with Gasteiger partial charge in [0.05, 0.1) is 11.5 Å². The number of aromatic nitrogens is 4. The van der Waals surface area contributed by atoms with E-state index in [2.05, 4.69) is 15.1 Å². The molecular weight excluding hydrogens is 396 g/mol. The summed E-state index contributed by atoms with van der Waals surface area (Å²) in [6.07, 6.45) is 0. The molecule has 0 saturated heterocycles. The van der Waals surface area contributed by atoms with E-state index < -0.39 is 4.92 Å². The average Bonchev–Trinajstić information content (AvgIpc) is 3.16. The van der Waals surface area contributed by atoms with Crippen LogP contribution in [0.15, 0.2) is 60.7 Å². The van der Waals surface area contributed by atoms with Crippen LogP contribution >= 0.6 is 0 Å². The average molecular weight is 416 g/mol. The molecular formula is C22H20N6O3. The first-order valence-electron chi connectivity index (χ1n) is 9.68. The highest BCUT2D eigenvalue weighted by molar-refractivity contribution is 5.94. The number of amides is 1. The maximum atomic E-state index is 13.2. The summed E-state index contributed by atoms with van der Waals surface area (Å²) < 4.78 is 1.65. The Morgan fingerprint density at radius 2 is 1.74 bits per heavy atom. The van der Waals surface area contributed by atoms with E-state index in [1.807, 2.05) is 50.2 Å². The largest absolute Gasteiger partial charge is 0.327 e. The molecule has 0 aliphatic heterocycles. The van der Waals surface area contributed by atoms with Gasteiger partial charge in [-0.1, -0.05) is 30.3 Å². The van der Waals surface area contributed by atoms with Gasteiger partial charge in [-0.05, 0) is 37.6 Å². The van der Waals surface area contributed by atoms with Crippen LogP contribution in [-0.2, 0) is 13.1 Å². The fourth-order valence-corrected chi connectivity index (χ4v) is 3.36. The van der Waals surface area contributed by atoms with Crippen LogP contribution in [0, 0.1) is 24.0 Å². The van der Waals surface area contributed by atoms with E-state index in [0.717, 1.165) is 17.0 Å². The molecule has 9 heteroatoms. The van der Waals surface area contributed by atoms with Crippen molar-refractivity contribution in [2.45, 2.75) is 26.9 Å². The lowest BCUT2D eigenvalue weighted by Gasteiger charge is -2.21. The monoisotopic (exact) mass is 416 g/mol. The van der Waals surface area contributed by atoms with E-state index in [1.165, 1.54) is 24.3 Å². The number of aryl methyl sites for hydroxylation is 2. The number of nitro groups is 1. The number of hydrogen-bond acceptors (Lipinski definition) is 6. The fourth-order valence-electron chi connectivity index (χ4n) is 3.36. The van der Waals surface area contributed by atoms with Crippen LogP contribution in [0.25, 0.3) is 5.78 Å². The van der Waals surface area contributed by atoms with Gasteiger partial charge in [0.1, 0.15) is 0 Å². The summed E-state index contributed by atoms with van der Waals surface area (Å²) in [7, 11) is 0. The molecule has 0 atom stereocenters. The summed E-state index contributed by atoms with van der Waals surface area (Å²) in [6, 6.07) is 17.1. The Balaban J connectivity index is 1.66. The van der Waals surface area contributed by atoms with Gasteiger partial charge in [0.25, 0.3) is 17.4 Å². The third-order valence-corrected chi connectivity index (χ3v) is 4.82. The second-order valence-electron chi connectivity index (χ2n) is 7.23. The molecule has 4 aromatic rings. The molecule has 0 radical (unpaired) electrons. The second kappa shape index (κ2) is 8.31. The van der Waals surface area contributed by atoms with Crippen LogP contribution in [0.3, 0.4) is 0 Å². The number of rotatable bonds is 6. The smallest absolute Gasteiger partial charge is 0.269 e. The Bertz CT molecular complexity index is 1250. The second-order valence-corrected chi connectivity index (χ2v) is 7.23. The van der Waals surface area contributed by atoms with Crippen LogP contribution in [0.1, 0.15) is 33.1 Å². The Morgan fingerprint density at radius 3 is 2.42 bits per heavy atom. The van der Waals surface area contributed by atoms with Gasteiger partial charge in [0.15, 0.2) is 5.82 Å². The number of fused-ring (bicyclic) bond motifs is 1. The van der Waals surface area contributed by atoms with Crippen LogP contribution in [0.5, 0.6) is 0 Å². The predicted molar refractivity (Wildman–Crippen MR) is 113 cm³/mol. The first-order valence-corrected chi connectivity index (χ1v) is 9.68. The lowest BCUT2D eigenvalue weighted by Crippen LogP contribution is -2.30. The van der Waals surface area contributed by atoms with Crippen molar-refractivity contribution in [1.82, 2.24) is 24.5 Å². The molecule has 0 N–H and O–H groups in total. The van der Waals surface area contributed by atoms with Crippen molar-refractivity contribution in [3.63, 3.8) is 0 Å². The Labute approximate surface area is 178 Å². The Morgan fingerprint density at radius 1 is 1.03 bits per heavy atom. The van der Waals surface area contributed by atoms with Gasteiger partial charge in [-0.25, -0.2) is 9.50 Å². The molecule has 0 aliphatic rings. The molecule has 31 heavy (non-hydrogen) atoms. The number of hydrogen-bond donors (Lipinski definition) is 0. The highest BCUT2D eigenvalue weighted by Gasteiger charge is 2.20. The third-order valence-electron chi connectivity index (χ3n) is 4.82. The van der Waals surface area contributed by atoms with E-state index in [9.17, 15) is 14.9 Å². The quantitative estimate of drug-likeness (QED) is 0.352. The number of nitrogens with zero attached hydrogens (tertiary/aromatic N) is 6. The van der Waals surface area contributed by atoms with Crippen molar-refractivity contribution in [1.29, 1.82) is 0 Å². The lowest BCUT2D eigenvalue weighted by molar-refractivity contribution is -0.384. The van der Waals surface area contributed by atoms with Gasteiger partial charge in [-0.3, -0.25) is 14.9 Å². The highest BCUT2D eigenvalue weighted by Crippen LogP contribution is 2.17. The van der Waals surface area contributed by atoms with Gasteiger partial charge >= 0.3 is 0 Å². The minimum absolute atomic E-state index is 0.0647. The van der Waals surface area contributed by atoms with E-state index >= 15 is 0 Å². The molecule has 0 bridgehead atoms. The zero-order valence-electron chi connectivity index (χ0n) is 17.1. The zero-order chi connectivity index (χ0) is 22.0. The Kier molecular flexibility index (Phi) is 5.40. The van der Waals surface area contributed by atoms with Gasteiger partial charge in [0, 0.05) is 35.6 Å². The maximum Gasteiger partial charge on any atom is 0.269 e. The molecule has 2 aromatic heterocycles. The van der Waals surface area contributed by atoms with Crippen LogP contribution < -0.4 is 0 Å². The molecule has 0 fully saturated rings. The number of non-ortho nitro benzene ring substituents is 1. The molecule has 4 rings (SSSR count). The number of benzene rings is 2. The molecule has 0 saturated carbocycles. The molecule has 2 aromatic carbocycles. The van der Waals surface area contributed by atoms with Crippen molar-refractivity contribution in [2.75, 3.05) is 0 Å². The SMILES string of the molecule is Cc1cc(C)n2nc(CN(Cc3ccccc3)C(=O)c3ccc([N+](=O)[O-])cc3)nc2n1. The van der Waals surface area contributed by atoms with Crippen molar-refractivity contribution in [3.8, 4) is 0 Å². The van der Waals surface area contributed by atoms with E-state index in [1.54, 1.807) is 9.42 Å². The van der Waals surface area contributed by atoms with Crippen molar-refractivity contribution >= 4 is 17.4 Å². The first-order chi connectivity index (χ1) is 14.9. The maximum absolute atomic E-state index is 13.2. The normalized spacial score (nSPS) is 10.9. The molecule has 0 spiro atoms. The first kappa shape index (κ1) is 20.1. The summed E-state index contributed by atoms with van der Waals surface area (Å²) in [6.45, 7) is 4.33. The number of nitro benzene ring substituents is 1. The summed E-state index contributed by atoms with van der Waals surface area (Å²) >= 11 is 0. The molecule has 0 aliphatic carbocycles. The minimum Gasteiger partial charge on any atom is -0.327 e. The molecule has 1 amide bonds. The summed E-state index contributed by atoms with van der Waals surface area (Å²) in [5, 5.41) is 15.4. The molecule has 156 valence electrons. The van der Waals surface area contributed by atoms with Crippen LogP contribution in [0.2, 0.25) is 0 Å². The summed E-state index contributed by atoms with van der Waals surface area (Å²) in [4.78, 5) is 34.2. The number of carbonyl (C=O) groups is 1. The van der Waals surface area contributed by atoms with E-state index in [0.29, 0.717) is 23.7 Å². The standard InChI is InChI=1S/C22H20N6O3/c1-15-12-16(2)27-22(23-15)24-20(25-27)14-26(13-17-6-4-3-5-7-17)21(29)18-8-10-19(11-9-18)28(30)31/h3-12H,13-14H2,1-2H3. The van der Waals surface area contributed by atoms with Gasteiger partial charge < -0.3 is 4.90 Å². The van der Waals surface area contributed by atoms with Crippen LogP contribution in [-0.4, -0.2) is 35.3 Å². The minimum atomic E-state index is -0.492. The molecule has 2 heterocycles. The third kappa shape index (κ3) is 4.40. The zero-order valence-corrected chi connectivity index (χ0v) is 17.1. The Hall–Kier alpha value is -4.14. The highest BCUT2D eigenvalue weighted by atomic mass is 16.6. The lowest BCUT2D eigenvalue weighted by atomic mass is 10.1. The predicted octanol–water partition coefficient (Wildman–Crippen LogP) is 3.49. The topological polar surface area (TPSA) is 107 Å². The van der Waals surface area contributed by atoms with Gasteiger partial charge in [-0.2, -0.15) is 4.98 Å². The summed E-state index contributed by atoms with van der Waals surface area (Å²) in [5.74, 6) is 0.681. The van der Waals surface area contributed by atoms with Crippen LogP contribution in [0.4, 0.5) is 5.69 Å². The molecule has 9 nitrogen and oxygen atoms in total. The van der Waals surface area contributed by atoms with Crippen molar-refractivity contribution < 1.29 is 9.72 Å². The fraction of sp³-hybridized carbons (Fsp3) is 0.182. The summed E-state index contributed by atoms with van der Waals surface area (Å²) in [5.41, 5.74) is 2.98. The number of carbonyl (C=O) groups excluding carboxylic acids is 1. The molecule has 0 unspecified atom stereocenters. The van der Waals surface area contributed by atoms with E-state index in [-0.39, 0.29) is 18.1 Å². The van der Waals surface area contributed by atoms with Crippen molar-refractivity contribution in [2.24, 2.45) is 0 Å². The van der Waals surface area contributed by atoms with Gasteiger partial charge in [0.2, 0.25) is 0 Å². The van der Waals surface area contributed by atoms with Crippen molar-refractivity contribution in [3.05, 3.63) is 99.1 Å².